The number of nitrogens with zero attached hydrogens (tertiary/aromatic N) is 1. The predicted molar refractivity (Wildman–Crippen MR) is 94.0 cm³/mol. The van der Waals surface area contributed by atoms with Gasteiger partial charge in [0.15, 0.2) is 0 Å². The number of hydrogen-bond donors (Lipinski definition) is 0. The summed E-state index contributed by atoms with van der Waals surface area (Å²) >= 11 is 0. The van der Waals surface area contributed by atoms with E-state index in [-0.39, 0.29) is 18.1 Å². The summed E-state index contributed by atoms with van der Waals surface area (Å²) in [6.07, 6.45) is 3.44. The molecule has 0 bridgehead atoms. The SMILES string of the molecule is CCCCOC(=O)N1CCCC1COc1ccc(C)c(C(=O)OC)c1. The second kappa shape index (κ2) is 9.30. The Morgan fingerprint density at radius 1 is 1.32 bits per heavy atom. The Labute approximate surface area is 149 Å². The number of carbonyl (C=O) groups excluding carboxylic acids is 2. The van der Waals surface area contributed by atoms with Crippen LogP contribution in [0.1, 0.15) is 48.5 Å². The van der Waals surface area contributed by atoms with E-state index in [1.165, 1.54) is 7.11 Å². The number of carbonyl (C=O) groups is 2. The second-order valence-electron chi connectivity index (χ2n) is 6.24. The second-order valence-corrected chi connectivity index (χ2v) is 6.24. The molecular weight excluding hydrogens is 322 g/mol. The molecule has 1 unspecified atom stereocenters. The fraction of sp³-hybridized carbons (Fsp3) is 0.579. The minimum Gasteiger partial charge on any atom is -0.491 e. The minimum absolute atomic E-state index is 0.00277. The number of benzene rings is 1. The highest BCUT2D eigenvalue weighted by atomic mass is 16.6. The molecule has 138 valence electrons. The Balaban J connectivity index is 1.93. The molecule has 1 atom stereocenters. The number of rotatable bonds is 7. The van der Waals surface area contributed by atoms with Crippen molar-refractivity contribution in [1.29, 1.82) is 0 Å². The molecule has 1 aromatic carbocycles. The third-order valence-corrected chi connectivity index (χ3v) is 4.39. The van der Waals surface area contributed by atoms with Gasteiger partial charge in [0.2, 0.25) is 0 Å². The van der Waals surface area contributed by atoms with Crippen LogP contribution in [0.4, 0.5) is 4.79 Å². The van der Waals surface area contributed by atoms with Crippen LogP contribution in [-0.2, 0) is 9.47 Å². The van der Waals surface area contributed by atoms with Crippen molar-refractivity contribution in [3.8, 4) is 5.75 Å². The van der Waals surface area contributed by atoms with E-state index in [1.54, 1.807) is 11.0 Å². The first kappa shape index (κ1) is 19.1. The van der Waals surface area contributed by atoms with E-state index >= 15 is 0 Å². The Hall–Kier alpha value is -2.24. The average molecular weight is 349 g/mol. The van der Waals surface area contributed by atoms with Gasteiger partial charge in [-0.25, -0.2) is 9.59 Å². The van der Waals surface area contributed by atoms with Gasteiger partial charge in [0, 0.05) is 6.54 Å². The molecule has 0 aliphatic carbocycles. The van der Waals surface area contributed by atoms with Crippen molar-refractivity contribution in [3.05, 3.63) is 29.3 Å². The van der Waals surface area contributed by atoms with Gasteiger partial charge in [-0.3, -0.25) is 0 Å². The third-order valence-electron chi connectivity index (χ3n) is 4.39. The average Bonchev–Trinajstić information content (AvgIpc) is 3.09. The molecule has 0 aromatic heterocycles. The van der Waals surface area contributed by atoms with Crippen LogP contribution in [0.15, 0.2) is 18.2 Å². The topological polar surface area (TPSA) is 65.1 Å². The number of hydrogen-bond acceptors (Lipinski definition) is 5. The number of ether oxygens (including phenoxy) is 3. The standard InChI is InChI=1S/C19H27NO5/c1-4-5-11-24-19(22)20-10-6-7-15(20)13-25-16-9-8-14(2)17(12-16)18(21)23-3/h8-9,12,15H,4-7,10-11,13H2,1-3H3. The zero-order valence-electron chi connectivity index (χ0n) is 15.2. The summed E-state index contributed by atoms with van der Waals surface area (Å²) in [6.45, 7) is 5.44. The lowest BCUT2D eigenvalue weighted by molar-refractivity contribution is 0.0599. The third kappa shape index (κ3) is 5.11. The van der Waals surface area contributed by atoms with Gasteiger partial charge >= 0.3 is 12.1 Å². The van der Waals surface area contributed by atoms with E-state index in [1.807, 2.05) is 19.1 Å². The molecule has 1 aliphatic rings. The fourth-order valence-corrected chi connectivity index (χ4v) is 2.85. The number of esters is 1. The number of aryl methyl sites for hydroxylation is 1. The molecule has 1 fully saturated rings. The lowest BCUT2D eigenvalue weighted by Crippen LogP contribution is -2.39. The zero-order valence-corrected chi connectivity index (χ0v) is 15.2. The van der Waals surface area contributed by atoms with Crippen LogP contribution in [0, 0.1) is 6.92 Å². The summed E-state index contributed by atoms with van der Waals surface area (Å²) in [5, 5.41) is 0. The van der Waals surface area contributed by atoms with Gasteiger partial charge in [0.1, 0.15) is 12.4 Å². The Kier molecular flexibility index (Phi) is 7.10. The molecule has 1 heterocycles. The molecule has 0 saturated carbocycles. The molecule has 0 radical (unpaired) electrons. The summed E-state index contributed by atoms with van der Waals surface area (Å²) in [5.41, 5.74) is 1.32. The first-order valence-electron chi connectivity index (χ1n) is 8.82. The maximum Gasteiger partial charge on any atom is 0.410 e. The van der Waals surface area contributed by atoms with Gasteiger partial charge in [0.25, 0.3) is 0 Å². The number of amides is 1. The van der Waals surface area contributed by atoms with Crippen molar-refractivity contribution < 1.29 is 23.8 Å². The molecule has 6 nitrogen and oxygen atoms in total. The Bertz CT molecular complexity index is 601. The van der Waals surface area contributed by atoms with Gasteiger partial charge in [-0.05, 0) is 43.9 Å². The van der Waals surface area contributed by atoms with Gasteiger partial charge in [0.05, 0.1) is 25.3 Å². The van der Waals surface area contributed by atoms with Crippen molar-refractivity contribution in [2.45, 2.75) is 45.6 Å². The molecule has 0 spiro atoms. The normalized spacial score (nSPS) is 16.6. The van der Waals surface area contributed by atoms with Crippen LogP contribution in [-0.4, -0.2) is 49.9 Å². The summed E-state index contributed by atoms with van der Waals surface area (Å²) in [5.74, 6) is 0.210. The molecule has 0 N–H and O–H groups in total. The first-order chi connectivity index (χ1) is 12.1. The van der Waals surface area contributed by atoms with Gasteiger partial charge < -0.3 is 19.1 Å². The largest absolute Gasteiger partial charge is 0.491 e. The molecule has 1 amide bonds. The van der Waals surface area contributed by atoms with Crippen molar-refractivity contribution >= 4 is 12.1 Å². The van der Waals surface area contributed by atoms with E-state index in [9.17, 15) is 9.59 Å². The van der Waals surface area contributed by atoms with Crippen molar-refractivity contribution in [1.82, 2.24) is 4.90 Å². The summed E-state index contributed by atoms with van der Waals surface area (Å²) in [6, 6.07) is 5.32. The van der Waals surface area contributed by atoms with E-state index in [2.05, 4.69) is 6.92 Å². The van der Waals surface area contributed by atoms with Crippen LogP contribution < -0.4 is 4.74 Å². The number of likely N-dealkylation sites (tertiary alicyclic amines) is 1. The van der Waals surface area contributed by atoms with Gasteiger partial charge in [-0.2, -0.15) is 0 Å². The van der Waals surface area contributed by atoms with E-state index in [4.69, 9.17) is 14.2 Å². The minimum atomic E-state index is -0.384. The van der Waals surface area contributed by atoms with Crippen LogP contribution in [0.25, 0.3) is 0 Å². The zero-order chi connectivity index (χ0) is 18.2. The molecule has 1 saturated heterocycles. The first-order valence-corrected chi connectivity index (χ1v) is 8.82. The van der Waals surface area contributed by atoms with Gasteiger partial charge in [-0.15, -0.1) is 0 Å². The molecular formula is C19H27NO5. The highest BCUT2D eigenvalue weighted by Gasteiger charge is 2.30. The van der Waals surface area contributed by atoms with Crippen LogP contribution in [0.3, 0.4) is 0 Å². The van der Waals surface area contributed by atoms with Crippen molar-refractivity contribution in [2.75, 3.05) is 26.9 Å². The molecule has 6 heteroatoms. The molecule has 25 heavy (non-hydrogen) atoms. The highest BCUT2D eigenvalue weighted by molar-refractivity contribution is 5.91. The smallest absolute Gasteiger partial charge is 0.410 e. The van der Waals surface area contributed by atoms with Crippen LogP contribution in [0.5, 0.6) is 5.75 Å². The summed E-state index contributed by atoms with van der Waals surface area (Å²) < 4.78 is 15.9. The number of methoxy groups -OCH3 is 1. The molecule has 1 aromatic rings. The fourth-order valence-electron chi connectivity index (χ4n) is 2.85. The quantitative estimate of drug-likeness (QED) is 0.556. The van der Waals surface area contributed by atoms with Crippen LogP contribution in [0.2, 0.25) is 0 Å². The maximum absolute atomic E-state index is 12.2. The van der Waals surface area contributed by atoms with Crippen molar-refractivity contribution in [3.63, 3.8) is 0 Å². The summed E-state index contributed by atoms with van der Waals surface area (Å²) in [7, 11) is 1.36. The van der Waals surface area contributed by atoms with E-state index < -0.39 is 0 Å². The van der Waals surface area contributed by atoms with Crippen molar-refractivity contribution in [2.24, 2.45) is 0 Å². The summed E-state index contributed by atoms with van der Waals surface area (Å²) in [4.78, 5) is 25.7. The molecule has 1 aliphatic heterocycles. The van der Waals surface area contributed by atoms with Crippen LogP contribution >= 0.6 is 0 Å². The van der Waals surface area contributed by atoms with E-state index in [0.29, 0.717) is 31.1 Å². The van der Waals surface area contributed by atoms with Gasteiger partial charge in [-0.1, -0.05) is 19.4 Å². The number of unbranched alkanes of at least 4 members (excludes halogenated alkanes) is 1. The predicted octanol–water partition coefficient (Wildman–Crippen LogP) is 3.56. The maximum atomic E-state index is 12.2. The monoisotopic (exact) mass is 349 g/mol. The van der Waals surface area contributed by atoms with E-state index in [0.717, 1.165) is 31.2 Å². The molecule has 2 rings (SSSR count). The Morgan fingerprint density at radius 2 is 2.12 bits per heavy atom. The lowest BCUT2D eigenvalue weighted by atomic mass is 10.1. The highest BCUT2D eigenvalue weighted by Crippen LogP contribution is 2.22. The Morgan fingerprint density at radius 3 is 2.84 bits per heavy atom. The lowest BCUT2D eigenvalue weighted by Gasteiger charge is -2.24.